The van der Waals surface area contributed by atoms with Crippen LogP contribution in [0.3, 0.4) is 0 Å². The number of H-pyrrole nitrogens is 1. The van der Waals surface area contributed by atoms with Crippen molar-refractivity contribution in [2.75, 3.05) is 6.54 Å². The topological polar surface area (TPSA) is 69.2 Å². The minimum atomic E-state index is -0.862. The second kappa shape index (κ2) is 2.76. The number of nitrogens with one attached hydrogen (secondary N) is 1. The van der Waals surface area contributed by atoms with Crippen LogP contribution in [0.4, 0.5) is 4.79 Å². The zero-order valence-electron chi connectivity index (χ0n) is 7.32. The first-order chi connectivity index (χ1) is 6.20. The van der Waals surface area contributed by atoms with Gasteiger partial charge in [-0.3, -0.25) is 5.10 Å². The van der Waals surface area contributed by atoms with Crippen LogP contribution in [0.15, 0.2) is 6.20 Å². The van der Waals surface area contributed by atoms with Gasteiger partial charge in [0.15, 0.2) is 0 Å². The Balaban J connectivity index is 2.32. The van der Waals surface area contributed by atoms with E-state index in [0.717, 1.165) is 11.3 Å². The molecule has 1 aliphatic heterocycles. The molecule has 0 unspecified atom stereocenters. The molecule has 0 bridgehead atoms. The number of hydrogen-bond acceptors (Lipinski definition) is 2. The standard InChI is InChI=1S/C8H11N3O2/c1-5-6-4-9-10-7(6)2-3-11(5)8(12)13/h4-5H,2-3H2,1H3,(H,9,10)(H,12,13)/t5-/m0/s1. The Kier molecular flexibility index (Phi) is 1.72. The first-order valence-corrected chi connectivity index (χ1v) is 4.22. The molecule has 0 aromatic carbocycles. The molecule has 1 aliphatic rings. The summed E-state index contributed by atoms with van der Waals surface area (Å²) in [4.78, 5) is 12.2. The average Bonchev–Trinajstić information content (AvgIpc) is 2.52. The molecule has 1 atom stereocenters. The second-order valence-electron chi connectivity index (χ2n) is 3.19. The van der Waals surface area contributed by atoms with Gasteiger partial charge in [-0.25, -0.2) is 4.79 Å². The Hall–Kier alpha value is -1.52. The van der Waals surface area contributed by atoms with Gasteiger partial charge in [0.25, 0.3) is 0 Å². The van der Waals surface area contributed by atoms with Crippen LogP contribution in [0.5, 0.6) is 0 Å². The molecular weight excluding hydrogens is 170 g/mol. The van der Waals surface area contributed by atoms with Crippen LogP contribution in [0.25, 0.3) is 0 Å². The minimum Gasteiger partial charge on any atom is -0.465 e. The van der Waals surface area contributed by atoms with Gasteiger partial charge in [0, 0.05) is 24.7 Å². The normalized spacial score (nSPS) is 21.3. The van der Waals surface area contributed by atoms with E-state index in [1.807, 2.05) is 6.92 Å². The van der Waals surface area contributed by atoms with Crippen molar-refractivity contribution in [3.8, 4) is 0 Å². The number of aromatic amines is 1. The van der Waals surface area contributed by atoms with E-state index in [1.165, 1.54) is 4.90 Å². The summed E-state index contributed by atoms with van der Waals surface area (Å²) >= 11 is 0. The summed E-state index contributed by atoms with van der Waals surface area (Å²) in [5.74, 6) is 0. The van der Waals surface area contributed by atoms with Gasteiger partial charge in [0.1, 0.15) is 0 Å². The van der Waals surface area contributed by atoms with E-state index in [4.69, 9.17) is 5.11 Å². The van der Waals surface area contributed by atoms with E-state index in [9.17, 15) is 4.79 Å². The van der Waals surface area contributed by atoms with Crippen molar-refractivity contribution in [3.63, 3.8) is 0 Å². The zero-order valence-corrected chi connectivity index (χ0v) is 7.32. The molecule has 0 saturated heterocycles. The lowest BCUT2D eigenvalue weighted by molar-refractivity contribution is 0.124. The number of nitrogens with zero attached hydrogens (tertiary/aromatic N) is 2. The maximum Gasteiger partial charge on any atom is 0.407 e. The molecule has 13 heavy (non-hydrogen) atoms. The van der Waals surface area contributed by atoms with Crippen molar-refractivity contribution in [2.45, 2.75) is 19.4 Å². The molecule has 1 aromatic heterocycles. The van der Waals surface area contributed by atoms with Crippen LogP contribution in [0, 0.1) is 0 Å². The molecule has 70 valence electrons. The molecule has 0 aliphatic carbocycles. The molecule has 1 amide bonds. The summed E-state index contributed by atoms with van der Waals surface area (Å²) in [6.45, 7) is 2.41. The smallest absolute Gasteiger partial charge is 0.407 e. The van der Waals surface area contributed by atoms with Crippen molar-refractivity contribution in [1.29, 1.82) is 0 Å². The molecular formula is C8H11N3O2. The van der Waals surface area contributed by atoms with Gasteiger partial charge in [-0.15, -0.1) is 0 Å². The molecule has 2 heterocycles. The van der Waals surface area contributed by atoms with Gasteiger partial charge in [-0.05, 0) is 6.92 Å². The maximum atomic E-state index is 10.8. The number of carboxylic acid groups (broad SMARTS) is 1. The van der Waals surface area contributed by atoms with Gasteiger partial charge in [0.2, 0.25) is 0 Å². The molecule has 0 saturated carbocycles. The summed E-state index contributed by atoms with van der Waals surface area (Å²) in [7, 11) is 0. The molecule has 2 rings (SSSR count). The van der Waals surface area contributed by atoms with Crippen molar-refractivity contribution in [3.05, 3.63) is 17.5 Å². The average molecular weight is 181 g/mol. The summed E-state index contributed by atoms with van der Waals surface area (Å²) in [6, 6.07) is -0.0833. The molecule has 0 spiro atoms. The van der Waals surface area contributed by atoms with Crippen LogP contribution >= 0.6 is 0 Å². The molecule has 0 fully saturated rings. The quantitative estimate of drug-likeness (QED) is 0.627. The molecule has 1 aromatic rings. The van der Waals surface area contributed by atoms with Crippen molar-refractivity contribution in [2.24, 2.45) is 0 Å². The SMILES string of the molecule is C[C@H]1c2c[nH]nc2CCN1C(=O)O. The summed E-state index contributed by atoms with van der Waals surface area (Å²) in [5, 5.41) is 15.7. The summed E-state index contributed by atoms with van der Waals surface area (Å²) in [6.07, 6.45) is 1.62. The van der Waals surface area contributed by atoms with Crippen molar-refractivity contribution < 1.29 is 9.90 Å². The van der Waals surface area contributed by atoms with Crippen molar-refractivity contribution in [1.82, 2.24) is 15.1 Å². The fraction of sp³-hybridized carbons (Fsp3) is 0.500. The number of hydrogen-bond donors (Lipinski definition) is 2. The predicted octanol–water partition coefficient (Wildman–Crippen LogP) is 1.01. The molecule has 5 nitrogen and oxygen atoms in total. The lowest BCUT2D eigenvalue weighted by Crippen LogP contribution is -2.37. The number of aromatic nitrogens is 2. The number of fused-ring (bicyclic) bond motifs is 1. The third-order valence-corrected chi connectivity index (χ3v) is 2.51. The molecule has 2 N–H and O–H groups in total. The molecule has 5 heteroatoms. The highest BCUT2D eigenvalue weighted by molar-refractivity contribution is 5.66. The van der Waals surface area contributed by atoms with E-state index < -0.39 is 6.09 Å². The van der Waals surface area contributed by atoms with E-state index in [-0.39, 0.29) is 6.04 Å². The van der Waals surface area contributed by atoms with Crippen LogP contribution < -0.4 is 0 Å². The van der Waals surface area contributed by atoms with Gasteiger partial charge in [-0.2, -0.15) is 5.10 Å². The Labute approximate surface area is 75.4 Å². The third kappa shape index (κ3) is 1.16. The Morgan fingerprint density at radius 3 is 3.31 bits per heavy atom. The Morgan fingerprint density at radius 2 is 2.62 bits per heavy atom. The molecule has 0 radical (unpaired) electrons. The number of carbonyl (C=O) groups is 1. The highest BCUT2D eigenvalue weighted by Gasteiger charge is 2.28. The van der Waals surface area contributed by atoms with E-state index in [2.05, 4.69) is 10.2 Å². The second-order valence-corrected chi connectivity index (χ2v) is 3.19. The maximum absolute atomic E-state index is 10.8. The number of rotatable bonds is 0. The minimum absolute atomic E-state index is 0.0833. The lowest BCUT2D eigenvalue weighted by atomic mass is 10.0. The van der Waals surface area contributed by atoms with Crippen LogP contribution in [-0.4, -0.2) is 32.8 Å². The van der Waals surface area contributed by atoms with Gasteiger partial charge in [-0.1, -0.05) is 0 Å². The first-order valence-electron chi connectivity index (χ1n) is 4.22. The summed E-state index contributed by atoms with van der Waals surface area (Å²) in [5.41, 5.74) is 1.98. The van der Waals surface area contributed by atoms with Gasteiger partial charge < -0.3 is 10.0 Å². The zero-order chi connectivity index (χ0) is 9.42. The Bertz CT molecular complexity index is 334. The summed E-state index contributed by atoms with van der Waals surface area (Å²) < 4.78 is 0. The predicted molar refractivity (Wildman–Crippen MR) is 45.4 cm³/mol. The fourth-order valence-electron chi connectivity index (χ4n) is 1.74. The number of amides is 1. The lowest BCUT2D eigenvalue weighted by Gasteiger charge is -2.30. The first kappa shape index (κ1) is 8.10. The largest absolute Gasteiger partial charge is 0.465 e. The van der Waals surface area contributed by atoms with E-state index in [1.54, 1.807) is 6.20 Å². The van der Waals surface area contributed by atoms with Crippen LogP contribution in [0.1, 0.15) is 24.2 Å². The van der Waals surface area contributed by atoms with E-state index >= 15 is 0 Å². The van der Waals surface area contributed by atoms with Gasteiger partial charge in [0.05, 0.1) is 11.7 Å². The highest BCUT2D eigenvalue weighted by Crippen LogP contribution is 2.27. The van der Waals surface area contributed by atoms with Gasteiger partial charge >= 0.3 is 6.09 Å². The fourth-order valence-corrected chi connectivity index (χ4v) is 1.74. The highest BCUT2D eigenvalue weighted by atomic mass is 16.4. The van der Waals surface area contributed by atoms with Crippen LogP contribution in [-0.2, 0) is 6.42 Å². The third-order valence-electron chi connectivity index (χ3n) is 2.51. The monoisotopic (exact) mass is 181 g/mol. The van der Waals surface area contributed by atoms with Crippen LogP contribution in [0.2, 0.25) is 0 Å². The Morgan fingerprint density at radius 1 is 1.85 bits per heavy atom. The van der Waals surface area contributed by atoms with E-state index in [0.29, 0.717) is 13.0 Å². The van der Waals surface area contributed by atoms with Crippen molar-refractivity contribution >= 4 is 6.09 Å².